The number of nitrogen functional groups attached to an aromatic ring is 1. The van der Waals surface area contributed by atoms with Crippen molar-refractivity contribution in [3.05, 3.63) is 29.8 Å². The Kier molecular flexibility index (Phi) is 2.86. The van der Waals surface area contributed by atoms with Gasteiger partial charge < -0.3 is 11.1 Å². The summed E-state index contributed by atoms with van der Waals surface area (Å²) in [5, 5.41) is 3.72. The third-order valence-electron chi connectivity index (χ3n) is 5.05. The van der Waals surface area contributed by atoms with Crippen molar-refractivity contribution in [2.24, 2.45) is 5.41 Å². The Labute approximate surface area is 110 Å². The van der Waals surface area contributed by atoms with E-state index in [1.54, 1.807) is 0 Å². The molecule has 0 bridgehead atoms. The molecule has 3 rings (SSSR count). The molecule has 2 nitrogen and oxygen atoms in total. The minimum atomic E-state index is 0.414. The maximum atomic E-state index is 5.76. The summed E-state index contributed by atoms with van der Waals surface area (Å²) in [7, 11) is 0. The molecule has 1 aromatic rings. The molecule has 2 aliphatic carbocycles. The molecule has 0 radical (unpaired) electrons. The highest BCUT2D eigenvalue weighted by Crippen LogP contribution is 2.50. The number of hydrogen-bond donors (Lipinski definition) is 2. The van der Waals surface area contributed by atoms with Crippen LogP contribution in [0, 0.1) is 5.41 Å². The second-order valence-corrected chi connectivity index (χ2v) is 6.36. The average molecular weight is 244 g/mol. The quantitative estimate of drug-likeness (QED) is 0.755. The van der Waals surface area contributed by atoms with Crippen molar-refractivity contribution in [3.63, 3.8) is 0 Å². The second-order valence-electron chi connectivity index (χ2n) is 6.36. The molecule has 0 atom stereocenters. The fourth-order valence-electron chi connectivity index (χ4n) is 2.95. The smallest absolute Gasteiger partial charge is 0.0314 e. The summed E-state index contributed by atoms with van der Waals surface area (Å²) in [5.74, 6) is 0. The first-order valence-corrected chi connectivity index (χ1v) is 7.25. The Morgan fingerprint density at radius 3 is 2.22 bits per heavy atom. The standard InChI is InChI=1S/C16H24N2/c1-2-15(7-8-15)11-18-12-16(9-10-16)13-3-5-14(17)6-4-13/h3-6,18H,2,7-12,17H2,1H3. The lowest BCUT2D eigenvalue weighted by atomic mass is 9.95. The van der Waals surface area contributed by atoms with Crippen LogP contribution in [0.3, 0.4) is 0 Å². The highest BCUT2D eigenvalue weighted by Gasteiger charge is 2.45. The average Bonchev–Trinajstić information content (AvgIpc) is 3.27. The van der Waals surface area contributed by atoms with E-state index in [1.165, 1.54) is 44.2 Å². The van der Waals surface area contributed by atoms with E-state index in [1.807, 2.05) is 12.1 Å². The van der Waals surface area contributed by atoms with Gasteiger partial charge in [0.2, 0.25) is 0 Å². The van der Waals surface area contributed by atoms with Crippen molar-refractivity contribution in [3.8, 4) is 0 Å². The third-order valence-corrected chi connectivity index (χ3v) is 5.05. The zero-order valence-electron chi connectivity index (χ0n) is 11.3. The molecule has 0 spiro atoms. The van der Waals surface area contributed by atoms with Crippen LogP contribution in [0.15, 0.2) is 24.3 Å². The molecule has 0 aromatic heterocycles. The minimum Gasteiger partial charge on any atom is -0.399 e. The van der Waals surface area contributed by atoms with Crippen molar-refractivity contribution < 1.29 is 0 Å². The van der Waals surface area contributed by atoms with Crippen molar-refractivity contribution in [2.45, 2.75) is 44.4 Å². The van der Waals surface area contributed by atoms with Crippen LogP contribution < -0.4 is 11.1 Å². The van der Waals surface area contributed by atoms with Crippen LogP contribution in [0.2, 0.25) is 0 Å². The molecule has 2 heteroatoms. The van der Waals surface area contributed by atoms with E-state index in [0.717, 1.165) is 12.2 Å². The number of hydrogen-bond acceptors (Lipinski definition) is 2. The van der Waals surface area contributed by atoms with Crippen LogP contribution >= 0.6 is 0 Å². The summed E-state index contributed by atoms with van der Waals surface area (Å²) in [6.07, 6.45) is 6.82. The SMILES string of the molecule is CCC1(CNCC2(c3ccc(N)cc3)CC2)CC1. The monoisotopic (exact) mass is 244 g/mol. The maximum absolute atomic E-state index is 5.76. The van der Waals surface area contributed by atoms with Crippen molar-refractivity contribution in [1.29, 1.82) is 0 Å². The maximum Gasteiger partial charge on any atom is 0.0314 e. The van der Waals surface area contributed by atoms with E-state index in [0.29, 0.717) is 10.8 Å². The molecule has 3 N–H and O–H groups in total. The summed E-state index contributed by atoms with van der Waals surface area (Å²) < 4.78 is 0. The van der Waals surface area contributed by atoms with Crippen LogP contribution in [0.4, 0.5) is 5.69 Å². The van der Waals surface area contributed by atoms with Gasteiger partial charge in [-0.3, -0.25) is 0 Å². The highest BCUT2D eigenvalue weighted by molar-refractivity contribution is 5.43. The zero-order valence-corrected chi connectivity index (χ0v) is 11.3. The van der Waals surface area contributed by atoms with Crippen LogP contribution in [-0.2, 0) is 5.41 Å². The van der Waals surface area contributed by atoms with Crippen molar-refractivity contribution in [1.82, 2.24) is 5.32 Å². The normalized spacial score (nSPS) is 22.7. The molecule has 2 fully saturated rings. The lowest BCUT2D eigenvalue weighted by Gasteiger charge is -2.20. The summed E-state index contributed by atoms with van der Waals surface area (Å²) in [4.78, 5) is 0. The van der Waals surface area contributed by atoms with Gasteiger partial charge in [0.05, 0.1) is 0 Å². The van der Waals surface area contributed by atoms with Gasteiger partial charge in [0.15, 0.2) is 0 Å². The van der Waals surface area contributed by atoms with Gasteiger partial charge in [-0.25, -0.2) is 0 Å². The molecular formula is C16H24N2. The zero-order chi connectivity index (χ0) is 12.6. The Morgan fingerprint density at radius 2 is 1.72 bits per heavy atom. The van der Waals surface area contributed by atoms with E-state index in [2.05, 4.69) is 24.4 Å². The van der Waals surface area contributed by atoms with E-state index in [-0.39, 0.29) is 0 Å². The van der Waals surface area contributed by atoms with Gasteiger partial charge in [-0.1, -0.05) is 19.1 Å². The van der Waals surface area contributed by atoms with Crippen LogP contribution in [0.25, 0.3) is 0 Å². The van der Waals surface area contributed by atoms with Gasteiger partial charge in [-0.15, -0.1) is 0 Å². The summed E-state index contributed by atoms with van der Waals surface area (Å²) in [6.45, 7) is 4.67. The predicted molar refractivity (Wildman–Crippen MR) is 76.6 cm³/mol. The van der Waals surface area contributed by atoms with Crippen LogP contribution in [0.1, 0.15) is 44.6 Å². The number of rotatable bonds is 6. The number of anilines is 1. The molecular weight excluding hydrogens is 220 g/mol. The summed E-state index contributed by atoms with van der Waals surface area (Å²) in [6, 6.07) is 8.47. The van der Waals surface area contributed by atoms with Gasteiger partial charge in [0.25, 0.3) is 0 Å². The molecule has 2 aliphatic rings. The molecule has 0 aliphatic heterocycles. The van der Waals surface area contributed by atoms with Gasteiger partial charge in [0, 0.05) is 24.2 Å². The minimum absolute atomic E-state index is 0.414. The van der Waals surface area contributed by atoms with E-state index in [4.69, 9.17) is 5.73 Å². The van der Waals surface area contributed by atoms with Gasteiger partial charge in [-0.05, 0) is 55.2 Å². The fraction of sp³-hybridized carbons (Fsp3) is 0.625. The highest BCUT2D eigenvalue weighted by atomic mass is 14.9. The van der Waals surface area contributed by atoms with Gasteiger partial charge in [-0.2, -0.15) is 0 Å². The van der Waals surface area contributed by atoms with Gasteiger partial charge in [0.1, 0.15) is 0 Å². The lowest BCUT2D eigenvalue weighted by Crippen LogP contribution is -2.31. The summed E-state index contributed by atoms with van der Waals surface area (Å²) in [5.41, 5.74) is 9.15. The molecule has 18 heavy (non-hydrogen) atoms. The number of nitrogens with two attached hydrogens (primary N) is 1. The lowest BCUT2D eigenvalue weighted by molar-refractivity contribution is 0.428. The number of nitrogens with one attached hydrogen (secondary N) is 1. The predicted octanol–water partition coefficient (Wildman–Crippen LogP) is 3.08. The van der Waals surface area contributed by atoms with Crippen molar-refractivity contribution in [2.75, 3.05) is 18.8 Å². The first kappa shape index (κ1) is 12.0. The Hall–Kier alpha value is -1.02. The molecule has 1 aromatic carbocycles. The molecule has 0 saturated heterocycles. The fourth-order valence-corrected chi connectivity index (χ4v) is 2.95. The second kappa shape index (κ2) is 4.27. The first-order valence-electron chi connectivity index (χ1n) is 7.25. The Bertz CT molecular complexity index is 413. The molecule has 0 unspecified atom stereocenters. The van der Waals surface area contributed by atoms with E-state index >= 15 is 0 Å². The first-order chi connectivity index (χ1) is 8.68. The molecule has 0 heterocycles. The third kappa shape index (κ3) is 2.26. The summed E-state index contributed by atoms with van der Waals surface area (Å²) >= 11 is 0. The van der Waals surface area contributed by atoms with Crippen LogP contribution in [0.5, 0.6) is 0 Å². The van der Waals surface area contributed by atoms with E-state index in [9.17, 15) is 0 Å². The molecule has 98 valence electrons. The van der Waals surface area contributed by atoms with Gasteiger partial charge >= 0.3 is 0 Å². The largest absolute Gasteiger partial charge is 0.399 e. The topological polar surface area (TPSA) is 38.0 Å². The number of benzene rings is 1. The molecule has 2 saturated carbocycles. The van der Waals surface area contributed by atoms with Crippen molar-refractivity contribution >= 4 is 5.69 Å². The Balaban J connectivity index is 1.57. The van der Waals surface area contributed by atoms with Crippen LogP contribution in [-0.4, -0.2) is 13.1 Å². The Morgan fingerprint density at radius 1 is 1.06 bits per heavy atom. The van der Waals surface area contributed by atoms with E-state index < -0.39 is 0 Å². The molecule has 0 amide bonds.